The number of hydrogen-bond acceptors (Lipinski definition) is 5. The van der Waals surface area contributed by atoms with Gasteiger partial charge in [0.2, 0.25) is 0 Å². The second-order valence-corrected chi connectivity index (χ2v) is 10.2. The molecule has 0 amide bonds. The van der Waals surface area contributed by atoms with E-state index in [9.17, 15) is 0 Å². The molecule has 5 heteroatoms. The summed E-state index contributed by atoms with van der Waals surface area (Å²) in [5, 5.41) is 2.25. The van der Waals surface area contributed by atoms with Crippen LogP contribution in [0.1, 0.15) is 11.1 Å². The van der Waals surface area contributed by atoms with Crippen LogP contribution in [0.15, 0.2) is 128 Å². The minimum Gasteiger partial charge on any atom is -0.236 e. The van der Waals surface area contributed by atoms with Gasteiger partial charge in [0.15, 0.2) is 17.5 Å². The van der Waals surface area contributed by atoms with Crippen molar-refractivity contribution in [3.05, 3.63) is 139 Å². The fourth-order valence-electron chi connectivity index (χ4n) is 5.63. The van der Waals surface area contributed by atoms with E-state index in [0.717, 1.165) is 50.8 Å². The average Bonchev–Trinajstić information content (AvgIpc) is 3.44. The van der Waals surface area contributed by atoms with Crippen molar-refractivity contribution in [2.75, 3.05) is 0 Å². The lowest BCUT2D eigenvalue weighted by atomic mass is 9.99. The summed E-state index contributed by atoms with van der Waals surface area (Å²) in [6.07, 6.45) is 2.53. The molecule has 0 fully saturated rings. The maximum absolute atomic E-state index is 4.89. The fraction of sp³-hybridized carbons (Fsp3) is 0.0278. The van der Waals surface area contributed by atoms with E-state index in [-0.39, 0.29) is 0 Å². The van der Waals surface area contributed by atoms with Gasteiger partial charge in [-0.15, -0.1) is 0 Å². The Morgan fingerprint density at radius 3 is 1.66 bits per heavy atom. The van der Waals surface area contributed by atoms with Crippen molar-refractivity contribution in [1.82, 2.24) is 24.9 Å². The van der Waals surface area contributed by atoms with Crippen LogP contribution in [0.2, 0.25) is 0 Å². The molecule has 2 heterocycles. The van der Waals surface area contributed by atoms with Crippen LogP contribution < -0.4 is 0 Å². The first-order valence-corrected chi connectivity index (χ1v) is 13.6. The minimum atomic E-state index is 0.648. The van der Waals surface area contributed by atoms with Crippen molar-refractivity contribution in [1.29, 1.82) is 0 Å². The summed E-state index contributed by atoms with van der Waals surface area (Å²) < 4.78 is 0. The van der Waals surface area contributed by atoms with Crippen LogP contribution in [0, 0.1) is 0 Å². The normalized spacial score (nSPS) is 11.8. The predicted molar refractivity (Wildman–Crippen MR) is 163 cm³/mol. The number of nitrogens with zero attached hydrogens (tertiary/aromatic N) is 5. The van der Waals surface area contributed by atoms with Crippen molar-refractivity contribution in [2.45, 2.75) is 6.42 Å². The molecule has 41 heavy (non-hydrogen) atoms. The van der Waals surface area contributed by atoms with Gasteiger partial charge >= 0.3 is 0 Å². The molecule has 0 saturated carbocycles. The van der Waals surface area contributed by atoms with E-state index >= 15 is 0 Å². The van der Waals surface area contributed by atoms with E-state index in [2.05, 4.69) is 65.6 Å². The van der Waals surface area contributed by atoms with Gasteiger partial charge in [0.25, 0.3) is 0 Å². The van der Waals surface area contributed by atoms with Gasteiger partial charge in [-0.25, -0.2) is 24.9 Å². The molecule has 0 saturated heterocycles. The highest BCUT2D eigenvalue weighted by atomic mass is 15.0. The third-order valence-corrected chi connectivity index (χ3v) is 7.66. The molecule has 0 N–H and O–H groups in total. The molecule has 7 aromatic rings. The smallest absolute Gasteiger partial charge is 0.164 e. The number of aromatic nitrogens is 5. The van der Waals surface area contributed by atoms with Gasteiger partial charge in [-0.3, -0.25) is 0 Å². The Hall–Kier alpha value is -5.55. The quantitative estimate of drug-likeness (QED) is 0.233. The molecule has 0 unspecified atom stereocenters. The second-order valence-electron chi connectivity index (χ2n) is 10.2. The summed E-state index contributed by atoms with van der Waals surface area (Å²) >= 11 is 0. The first-order valence-electron chi connectivity index (χ1n) is 13.6. The van der Waals surface area contributed by atoms with E-state index in [4.69, 9.17) is 19.9 Å². The summed E-state index contributed by atoms with van der Waals surface area (Å²) in [4.78, 5) is 23.9. The second kappa shape index (κ2) is 9.57. The number of hydrogen-bond donors (Lipinski definition) is 0. The van der Waals surface area contributed by atoms with Gasteiger partial charge in [0.05, 0.1) is 11.4 Å². The van der Waals surface area contributed by atoms with Gasteiger partial charge < -0.3 is 0 Å². The Labute approximate surface area is 237 Å². The molecule has 5 nitrogen and oxygen atoms in total. The monoisotopic (exact) mass is 525 g/mol. The SMILES string of the molecule is c1ccc(-c2nc(-c3ccccc3)nc(-c3ccc4cc(-c5ncnc6c5Cc5ccccc5-6)ccc4c3)n2)cc1. The molecule has 8 rings (SSSR count). The van der Waals surface area contributed by atoms with Gasteiger partial charge in [-0.2, -0.15) is 0 Å². The van der Waals surface area contributed by atoms with Crippen molar-refractivity contribution in [3.8, 4) is 56.7 Å². The summed E-state index contributed by atoms with van der Waals surface area (Å²) in [6.45, 7) is 0. The van der Waals surface area contributed by atoms with E-state index in [1.807, 2.05) is 60.7 Å². The highest BCUT2D eigenvalue weighted by Crippen LogP contribution is 2.39. The molecule has 1 aliphatic carbocycles. The molecule has 2 aromatic heterocycles. The van der Waals surface area contributed by atoms with Crippen LogP contribution >= 0.6 is 0 Å². The number of fused-ring (bicyclic) bond motifs is 4. The maximum atomic E-state index is 4.89. The van der Waals surface area contributed by atoms with E-state index < -0.39 is 0 Å². The third-order valence-electron chi connectivity index (χ3n) is 7.66. The highest BCUT2D eigenvalue weighted by molar-refractivity contribution is 5.91. The Morgan fingerprint density at radius 1 is 0.439 bits per heavy atom. The van der Waals surface area contributed by atoms with Gasteiger partial charge in [0.1, 0.15) is 6.33 Å². The molecule has 192 valence electrons. The number of rotatable bonds is 4. The van der Waals surface area contributed by atoms with Crippen molar-refractivity contribution in [2.24, 2.45) is 0 Å². The highest BCUT2D eigenvalue weighted by Gasteiger charge is 2.23. The first kappa shape index (κ1) is 23.3. The fourth-order valence-corrected chi connectivity index (χ4v) is 5.63. The molecular weight excluding hydrogens is 502 g/mol. The largest absolute Gasteiger partial charge is 0.236 e. The third kappa shape index (κ3) is 4.15. The Balaban J connectivity index is 1.21. The molecule has 0 atom stereocenters. The van der Waals surface area contributed by atoms with E-state index in [0.29, 0.717) is 17.5 Å². The molecule has 1 aliphatic rings. The summed E-state index contributed by atoms with van der Waals surface area (Å²) in [5.41, 5.74) is 9.69. The standard InChI is InChI=1S/C36H23N5/c1-3-9-23(10-4-1)34-39-35(24-11-5-2-6-12-24)41-36(40-34)29-18-16-25-19-28(17-15-26(25)20-29)32-31-21-27-13-7-8-14-30(27)33(31)38-22-37-32/h1-20,22H,21H2. The molecule has 0 aliphatic heterocycles. The Morgan fingerprint density at radius 2 is 0.976 bits per heavy atom. The lowest BCUT2D eigenvalue weighted by Gasteiger charge is -2.10. The minimum absolute atomic E-state index is 0.648. The topological polar surface area (TPSA) is 64.5 Å². The maximum Gasteiger partial charge on any atom is 0.164 e. The first-order chi connectivity index (χ1) is 20.3. The van der Waals surface area contributed by atoms with E-state index in [1.54, 1.807) is 6.33 Å². The predicted octanol–water partition coefficient (Wildman–Crippen LogP) is 8.05. The van der Waals surface area contributed by atoms with Crippen LogP contribution in [-0.4, -0.2) is 24.9 Å². The average molecular weight is 526 g/mol. The molecule has 5 aromatic carbocycles. The van der Waals surface area contributed by atoms with Crippen LogP contribution in [-0.2, 0) is 6.42 Å². The zero-order chi connectivity index (χ0) is 27.2. The van der Waals surface area contributed by atoms with Crippen LogP contribution in [0.25, 0.3) is 67.5 Å². The Bertz CT molecular complexity index is 2010. The van der Waals surface area contributed by atoms with E-state index in [1.165, 1.54) is 16.7 Å². The van der Waals surface area contributed by atoms with Crippen molar-refractivity contribution < 1.29 is 0 Å². The summed E-state index contributed by atoms with van der Waals surface area (Å²) in [7, 11) is 0. The zero-order valence-electron chi connectivity index (χ0n) is 22.1. The zero-order valence-corrected chi connectivity index (χ0v) is 22.1. The lowest BCUT2D eigenvalue weighted by Crippen LogP contribution is -2.00. The summed E-state index contributed by atoms with van der Waals surface area (Å²) in [5.74, 6) is 1.96. The Kier molecular flexibility index (Phi) is 5.45. The molecule has 0 radical (unpaired) electrons. The van der Waals surface area contributed by atoms with Crippen molar-refractivity contribution in [3.63, 3.8) is 0 Å². The van der Waals surface area contributed by atoms with Crippen LogP contribution in [0.5, 0.6) is 0 Å². The lowest BCUT2D eigenvalue weighted by molar-refractivity contribution is 1.07. The van der Waals surface area contributed by atoms with Gasteiger partial charge in [-0.1, -0.05) is 109 Å². The van der Waals surface area contributed by atoms with Crippen LogP contribution in [0.4, 0.5) is 0 Å². The number of benzene rings is 5. The van der Waals surface area contributed by atoms with Gasteiger partial charge in [0, 0.05) is 39.8 Å². The molecule has 0 spiro atoms. The molecular formula is C36H23N5. The summed E-state index contributed by atoms with van der Waals surface area (Å²) in [6, 6.07) is 41.5. The molecule has 0 bridgehead atoms. The van der Waals surface area contributed by atoms with Crippen LogP contribution in [0.3, 0.4) is 0 Å². The van der Waals surface area contributed by atoms with Gasteiger partial charge in [-0.05, 0) is 28.5 Å². The van der Waals surface area contributed by atoms with Crippen molar-refractivity contribution >= 4 is 10.8 Å².